The molecule has 0 unspecified atom stereocenters. The third kappa shape index (κ3) is 5.99. The summed E-state index contributed by atoms with van der Waals surface area (Å²) < 4.78 is 11.9. The normalized spacial score (nSPS) is 14.7. The number of aliphatic hydroxyl groups is 1. The lowest BCUT2D eigenvalue weighted by molar-refractivity contribution is 0.301. The number of aliphatic hydroxyl groups excluding tert-OH is 1. The summed E-state index contributed by atoms with van der Waals surface area (Å²) in [5, 5.41) is 10.5. The van der Waals surface area contributed by atoms with E-state index < -0.39 is 10.8 Å². The van der Waals surface area contributed by atoms with E-state index in [0.717, 1.165) is 47.0 Å². The van der Waals surface area contributed by atoms with Gasteiger partial charge in [-0.1, -0.05) is 55.4 Å². The van der Waals surface area contributed by atoms with Crippen molar-refractivity contribution < 1.29 is 9.32 Å². The smallest absolute Gasteiger partial charge is 0.228 e. The van der Waals surface area contributed by atoms with Gasteiger partial charge in [-0.25, -0.2) is 15.0 Å². The minimum absolute atomic E-state index is 0.0318. The zero-order valence-electron chi connectivity index (χ0n) is 18.9. The van der Waals surface area contributed by atoms with Crippen LogP contribution in [0, 0.1) is 0 Å². The highest BCUT2D eigenvalue weighted by Crippen LogP contribution is 2.32. The van der Waals surface area contributed by atoms with E-state index in [9.17, 15) is 9.32 Å². The van der Waals surface area contributed by atoms with Crippen LogP contribution in [0.2, 0.25) is 0 Å². The second-order valence-corrected chi connectivity index (χ2v) is 10.6. The number of fused-ring (bicyclic) bond motifs is 1. The second-order valence-electron chi connectivity index (χ2n) is 7.90. The first-order valence-corrected chi connectivity index (χ1v) is 13.8. The molecular formula is C23H30N6O2S2. The van der Waals surface area contributed by atoms with Crippen LogP contribution in [-0.2, 0) is 16.6 Å². The molecule has 1 aromatic carbocycles. The standard InChI is InChI=1S/C23H30N6O2S2/c1-2-3-9-29(10-13-30)23-26-20-19(21(27-23)28-11-14-33(31)15-12-28)24-17-25-22(20)32-16-18-7-5-4-6-8-18/h4-8,17,30H,2-3,9-16H2,1H3. The van der Waals surface area contributed by atoms with Crippen LogP contribution in [0.4, 0.5) is 11.8 Å². The largest absolute Gasteiger partial charge is 0.395 e. The molecule has 176 valence electrons. The van der Waals surface area contributed by atoms with E-state index in [2.05, 4.69) is 33.9 Å². The summed E-state index contributed by atoms with van der Waals surface area (Å²) in [5.41, 5.74) is 2.66. The van der Waals surface area contributed by atoms with Crippen molar-refractivity contribution in [3.63, 3.8) is 0 Å². The van der Waals surface area contributed by atoms with E-state index in [1.54, 1.807) is 18.1 Å². The summed E-state index contributed by atoms with van der Waals surface area (Å²) >= 11 is 1.63. The minimum Gasteiger partial charge on any atom is -0.395 e. The first-order chi connectivity index (χ1) is 16.2. The van der Waals surface area contributed by atoms with E-state index in [1.807, 2.05) is 23.1 Å². The molecule has 1 fully saturated rings. The average molecular weight is 487 g/mol. The highest BCUT2D eigenvalue weighted by Gasteiger charge is 2.24. The number of rotatable bonds is 10. The van der Waals surface area contributed by atoms with E-state index >= 15 is 0 Å². The van der Waals surface area contributed by atoms with Crippen molar-refractivity contribution in [2.45, 2.75) is 30.5 Å². The van der Waals surface area contributed by atoms with E-state index in [-0.39, 0.29) is 6.61 Å². The lowest BCUT2D eigenvalue weighted by Crippen LogP contribution is -2.39. The second kappa shape index (κ2) is 11.7. The summed E-state index contributed by atoms with van der Waals surface area (Å²) in [7, 11) is -0.784. The Balaban J connectivity index is 1.75. The maximum Gasteiger partial charge on any atom is 0.228 e. The Kier molecular flexibility index (Phi) is 8.46. The van der Waals surface area contributed by atoms with Crippen molar-refractivity contribution in [2.75, 3.05) is 54.1 Å². The highest BCUT2D eigenvalue weighted by atomic mass is 32.2. The summed E-state index contributed by atoms with van der Waals surface area (Å²) in [6.45, 7) is 4.75. The predicted octanol–water partition coefficient (Wildman–Crippen LogP) is 2.88. The molecule has 1 aliphatic rings. The van der Waals surface area contributed by atoms with Crippen LogP contribution in [0.5, 0.6) is 0 Å². The van der Waals surface area contributed by atoms with Gasteiger partial charge in [0.05, 0.1) is 6.61 Å². The predicted molar refractivity (Wildman–Crippen MR) is 135 cm³/mol. The van der Waals surface area contributed by atoms with Crippen LogP contribution in [0.3, 0.4) is 0 Å². The van der Waals surface area contributed by atoms with Gasteiger partial charge in [-0.2, -0.15) is 4.98 Å². The number of aromatic nitrogens is 4. The number of hydrogen-bond donors (Lipinski definition) is 1. The molecule has 0 spiro atoms. The number of unbranched alkanes of at least 4 members (excludes halogenated alkanes) is 1. The third-order valence-corrected chi connectivity index (χ3v) is 7.87. The Bertz CT molecular complexity index is 1080. The molecular weight excluding hydrogens is 456 g/mol. The number of thioether (sulfide) groups is 1. The molecule has 3 heterocycles. The van der Waals surface area contributed by atoms with Crippen molar-refractivity contribution in [1.82, 2.24) is 19.9 Å². The molecule has 4 rings (SSSR count). The Morgan fingerprint density at radius 1 is 1.09 bits per heavy atom. The van der Waals surface area contributed by atoms with Crippen molar-refractivity contribution in [3.05, 3.63) is 42.2 Å². The fraction of sp³-hybridized carbons (Fsp3) is 0.478. The third-order valence-electron chi connectivity index (χ3n) is 5.55. The van der Waals surface area contributed by atoms with Crippen molar-refractivity contribution in [1.29, 1.82) is 0 Å². The van der Waals surface area contributed by atoms with Crippen LogP contribution in [0.25, 0.3) is 11.0 Å². The molecule has 0 atom stereocenters. The number of hydrogen-bond acceptors (Lipinski definition) is 9. The number of anilines is 2. The maximum absolute atomic E-state index is 11.9. The van der Waals surface area contributed by atoms with Crippen LogP contribution in [0.1, 0.15) is 25.3 Å². The fourth-order valence-corrected chi connectivity index (χ4v) is 5.67. The summed E-state index contributed by atoms with van der Waals surface area (Å²) in [4.78, 5) is 23.1. The molecule has 0 aliphatic carbocycles. The molecule has 0 saturated carbocycles. The molecule has 2 aromatic heterocycles. The molecule has 0 bridgehead atoms. The zero-order chi connectivity index (χ0) is 23.0. The Morgan fingerprint density at radius 2 is 1.88 bits per heavy atom. The molecule has 0 amide bonds. The van der Waals surface area contributed by atoms with Gasteiger partial charge in [0.15, 0.2) is 5.82 Å². The van der Waals surface area contributed by atoms with Gasteiger partial charge in [0, 0.05) is 54.2 Å². The monoisotopic (exact) mass is 486 g/mol. The SMILES string of the molecule is CCCCN(CCO)c1nc(N2CCS(=O)CC2)c2ncnc(SCc3ccccc3)c2n1. The molecule has 8 nitrogen and oxygen atoms in total. The van der Waals surface area contributed by atoms with Gasteiger partial charge >= 0.3 is 0 Å². The molecule has 3 aromatic rings. The maximum atomic E-state index is 11.9. The molecule has 33 heavy (non-hydrogen) atoms. The first kappa shape index (κ1) is 23.8. The van der Waals surface area contributed by atoms with Crippen molar-refractivity contribution in [3.8, 4) is 0 Å². The average Bonchev–Trinajstić information content (AvgIpc) is 2.86. The first-order valence-electron chi connectivity index (χ1n) is 11.3. The van der Waals surface area contributed by atoms with E-state index in [1.165, 1.54) is 5.56 Å². The van der Waals surface area contributed by atoms with Gasteiger partial charge in [0.25, 0.3) is 0 Å². The number of nitrogens with zero attached hydrogens (tertiary/aromatic N) is 6. The van der Waals surface area contributed by atoms with Gasteiger partial charge < -0.3 is 14.9 Å². The Hall–Kier alpha value is -2.30. The molecule has 1 saturated heterocycles. The zero-order valence-corrected chi connectivity index (χ0v) is 20.5. The quantitative estimate of drug-likeness (QED) is 0.343. The highest BCUT2D eigenvalue weighted by molar-refractivity contribution is 7.98. The molecule has 1 N–H and O–H groups in total. The van der Waals surface area contributed by atoms with Crippen LogP contribution in [-0.4, -0.2) is 73.5 Å². The van der Waals surface area contributed by atoms with Crippen LogP contribution < -0.4 is 9.80 Å². The van der Waals surface area contributed by atoms with Gasteiger partial charge in [0.1, 0.15) is 22.4 Å². The van der Waals surface area contributed by atoms with Gasteiger partial charge in [0.2, 0.25) is 5.95 Å². The van der Waals surface area contributed by atoms with E-state index in [0.29, 0.717) is 37.1 Å². The van der Waals surface area contributed by atoms with Crippen molar-refractivity contribution >= 4 is 45.4 Å². The van der Waals surface area contributed by atoms with Crippen molar-refractivity contribution in [2.24, 2.45) is 0 Å². The minimum atomic E-state index is -0.784. The summed E-state index contributed by atoms with van der Waals surface area (Å²) in [6.07, 6.45) is 3.61. The lowest BCUT2D eigenvalue weighted by Gasteiger charge is -2.29. The molecule has 10 heteroatoms. The lowest BCUT2D eigenvalue weighted by atomic mass is 10.2. The Labute approximate surface area is 201 Å². The van der Waals surface area contributed by atoms with Gasteiger partial charge in [-0.15, -0.1) is 0 Å². The van der Waals surface area contributed by atoms with Gasteiger partial charge in [-0.3, -0.25) is 4.21 Å². The fourth-order valence-electron chi connectivity index (χ4n) is 3.72. The topological polar surface area (TPSA) is 95.3 Å². The van der Waals surface area contributed by atoms with Crippen LogP contribution in [0.15, 0.2) is 41.7 Å². The summed E-state index contributed by atoms with van der Waals surface area (Å²) in [5.74, 6) is 3.37. The Morgan fingerprint density at radius 3 is 2.61 bits per heavy atom. The number of benzene rings is 1. The van der Waals surface area contributed by atoms with E-state index in [4.69, 9.17) is 9.97 Å². The molecule has 1 aliphatic heterocycles. The van der Waals surface area contributed by atoms with Gasteiger partial charge in [-0.05, 0) is 12.0 Å². The molecule has 0 radical (unpaired) electrons. The van der Waals surface area contributed by atoms with Crippen LogP contribution >= 0.6 is 11.8 Å². The summed E-state index contributed by atoms with van der Waals surface area (Å²) in [6, 6.07) is 10.3.